The van der Waals surface area contributed by atoms with E-state index >= 15 is 0 Å². The maximum atomic E-state index is 12.8. The molecule has 0 saturated carbocycles. The Bertz CT molecular complexity index is 839. The van der Waals surface area contributed by atoms with Crippen molar-refractivity contribution in [1.29, 1.82) is 0 Å². The molecule has 1 N–H and O–H groups in total. The molecule has 1 fully saturated rings. The molecular weight excluding hydrogens is 353 g/mol. The minimum atomic E-state index is -4.48. The van der Waals surface area contributed by atoms with E-state index in [1.54, 1.807) is 18.2 Å². The van der Waals surface area contributed by atoms with Gasteiger partial charge in [0.25, 0.3) is 11.1 Å². The molecule has 1 unspecified atom stereocenters. The molecule has 0 aromatic heterocycles. The van der Waals surface area contributed by atoms with Gasteiger partial charge in [0.1, 0.15) is 0 Å². The van der Waals surface area contributed by atoms with Crippen molar-refractivity contribution in [3.63, 3.8) is 0 Å². The zero-order valence-electron chi connectivity index (χ0n) is 13.0. The number of aryl methyl sites for hydroxylation is 1. The summed E-state index contributed by atoms with van der Waals surface area (Å²) in [4.78, 5) is 25.7. The molecule has 3 rings (SSSR count). The lowest BCUT2D eigenvalue weighted by Crippen LogP contribution is -2.34. The Balaban J connectivity index is 1.81. The van der Waals surface area contributed by atoms with Crippen LogP contribution >= 0.6 is 11.8 Å². The summed E-state index contributed by atoms with van der Waals surface area (Å²) >= 11 is 0.736. The number of nitrogens with one attached hydrogen (secondary N) is 1. The quantitative estimate of drug-likeness (QED) is 0.859. The molecule has 1 saturated heterocycles. The van der Waals surface area contributed by atoms with Gasteiger partial charge in [-0.05, 0) is 54.6 Å². The fraction of sp³-hybridized carbons (Fsp3) is 0.176. The first-order valence-electron chi connectivity index (χ1n) is 7.31. The number of rotatable bonds is 3. The molecule has 0 aliphatic carbocycles. The standard InChI is InChI=1S/C17H13F3N2O2S/c1-10-4-2-7-13(8-10)22-15(23)14(25-16(22)24)21-12-6-3-5-11(9-12)17(18,19)20/h2-9,14,21H,1H3. The monoisotopic (exact) mass is 366 g/mol. The van der Waals surface area contributed by atoms with Crippen molar-refractivity contribution in [3.05, 3.63) is 59.7 Å². The highest BCUT2D eigenvalue weighted by molar-refractivity contribution is 8.16. The van der Waals surface area contributed by atoms with Crippen LogP contribution in [0.2, 0.25) is 0 Å². The van der Waals surface area contributed by atoms with Crippen LogP contribution in [-0.4, -0.2) is 16.5 Å². The topological polar surface area (TPSA) is 49.4 Å². The van der Waals surface area contributed by atoms with Gasteiger partial charge in [0.2, 0.25) is 0 Å². The third kappa shape index (κ3) is 3.63. The Kier molecular flexibility index (Phi) is 4.47. The van der Waals surface area contributed by atoms with Crippen molar-refractivity contribution in [2.24, 2.45) is 0 Å². The summed E-state index contributed by atoms with van der Waals surface area (Å²) in [6.45, 7) is 1.83. The predicted octanol–water partition coefficient (Wildman–Crippen LogP) is 4.65. The van der Waals surface area contributed by atoms with Crippen LogP contribution in [0.5, 0.6) is 0 Å². The number of amides is 2. The van der Waals surface area contributed by atoms with E-state index in [-0.39, 0.29) is 5.69 Å². The number of thioether (sulfide) groups is 1. The Morgan fingerprint density at radius 2 is 1.80 bits per heavy atom. The molecule has 8 heteroatoms. The van der Waals surface area contributed by atoms with Gasteiger partial charge < -0.3 is 5.32 Å². The van der Waals surface area contributed by atoms with Crippen molar-refractivity contribution < 1.29 is 22.8 Å². The largest absolute Gasteiger partial charge is 0.416 e. The van der Waals surface area contributed by atoms with Crippen molar-refractivity contribution in [3.8, 4) is 0 Å². The number of hydrogen-bond donors (Lipinski definition) is 1. The average Bonchev–Trinajstić information content (AvgIpc) is 2.81. The maximum Gasteiger partial charge on any atom is 0.416 e. The first-order chi connectivity index (χ1) is 11.8. The highest BCUT2D eigenvalue weighted by atomic mass is 32.2. The van der Waals surface area contributed by atoms with E-state index in [9.17, 15) is 22.8 Å². The third-order valence-electron chi connectivity index (χ3n) is 3.59. The van der Waals surface area contributed by atoms with Crippen LogP contribution in [0.1, 0.15) is 11.1 Å². The summed E-state index contributed by atoms with van der Waals surface area (Å²) in [5.74, 6) is -0.516. The van der Waals surface area contributed by atoms with Crippen LogP contribution < -0.4 is 10.2 Å². The number of halogens is 3. The molecule has 1 heterocycles. The first-order valence-corrected chi connectivity index (χ1v) is 8.19. The molecule has 0 radical (unpaired) electrons. The molecule has 25 heavy (non-hydrogen) atoms. The third-order valence-corrected chi connectivity index (χ3v) is 4.53. The molecule has 4 nitrogen and oxygen atoms in total. The Hall–Kier alpha value is -2.48. The summed E-state index contributed by atoms with van der Waals surface area (Å²) in [7, 11) is 0. The molecule has 130 valence electrons. The van der Waals surface area contributed by atoms with Crippen molar-refractivity contribution in [1.82, 2.24) is 0 Å². The Morgan fingerprint density at radius 1 is 1.08 bits per heavy atom. The van der Waals surface area contributed by atoms with Gasteiger partial charge in [-0.1, -0.05) is 18.2 Å². The SMILES string of the molecule is Cc1cccc(N2C(=O)SC(Nc3cccc(C(F)(F)F)c3)C2=O)c1. The van der Waals surface area contributed by atoms with Crippen LogP contribution in [0, 0.1) is 6.92 Å². The van der Waals surface area contributed by atoms with E-state index < -0.39 is 28.3 Å². The van der Waals surface area contributed by atoms with E-state index in [1.165, 1.54) is 12.1 Å². The number of carbonyl (C=O) groups is 2. The van der Waals surface area contributed by atoms with Gasteiger partial charge in [0, 0.05) is 5.69 Å². The minimum absolute atomic E-state index is 0.125. The normalized spacial score (nSPS) is 17.9. The van der Waals surface area contributed by atoms with Gasteiger partial charge in [0.05, 0.1) is 11.3 Å². The predicted molar refractivity (Wildman–Crippen MR) is 90.5 cm³/mol. The fourth-order valence-electron chi connectivity index (χ4n) is 2.44. The van der Waals surface area contributed by atoms with Gasteiger partial charge in [-0.15, -0.1) is 0 Å². The first kappa shape index (κ1) is 17.3. The number of nitrogens with zero attached hydrogens (tertiary/aromatic N) is 1. The second-order valence-electron chi connectivity index (χ2n) is 5.50. The number of benzene rings is 2. The molecule has 0 bridgehead atoms. The van der Waals surface area contributed by atoms with E-state index in [2.05, 4.69) is 5.32 Å². The second kappa shape index (κ2) is 6.44. The van der Waals surface area contributed by atoms with Crippen molar-refractivity contribution >= 4 is 34.3 Å². The zero-order valence-corrected chi connectivity index (χ0v) is 13.8. The Morgan fingerprint density at radius 3 is 2.48 bits per heavy atom. The maximum absolute atomic E-state index is 12.8. The highest BCUT2D eigenvalue weighted by Gasteiger charge is 2.41. The van der Waals surface area contributed by atoms with Crippen molar-refractivity contribution in [2.75, 3.05) is 10.2 Å². The average molecular weight is 366 g/mol. The lowest BCUT2D eigenvalue weighted by atomic mass is 10.2. The van der Waals surface area contributed by atoms with Gasteiger partial charge in [-0.2, -0.15) is 13.2 Å². The number of hydrogen-bond acceptors (Lipinski definition) is 4. The fourth-order valence-corrected chi connectivity index (χ4v) is 3.34. The second-order valence-corrected chi connectivity index (χ2v) is 6.56. The molecule has 2 aromatic carbocycles. The van der Waals surface area contributed by atoms with Crippen LogP contribution in [-0.2, 0) is 11.0 Å². The number of carbonyl (C=O) groups excluding carboxylic acids is 2. The van der Waals surface area contributed by atoms with E-state index in [4.69, 9.17) is 0 Å². The summed E-state index contributed by atoms with van der Waals surface area (Å²) in [5, 5.41) is 1.25. The molecule has 1 aliphatic rings. The summed E-state index contributed by atoms with van der Waals surface area (Å²) < 4.78 is 38.3. The van der Waals surface area contributed by atoms with Crippen LogP contribution in [0.15, 0.2) is 48.5 Å². The van der Waals surface area contributed by atoms with Crippen LogP contribution in [0.25, 0.3) is 0 Å². The smallest absolute Gasteiger partial charge is 0.365 e. The van der Waals surface area contributed by atoms with Crippen LogP contribution in [0.4, 0.5) is 29.3 Å². The Labute approximate surface area is 146 Å². The molecular formula is C17H13F3N2O2S. The van der Waals surface area contributed by atoms with Crippen LogP contribution in [0.3, 0.4) is 0 Å². The highest BCUT2D eigenvalue weighted by Crippen LogP contribution is 2.34. The molecule has 1 aliphatic heterocycles. The number of anilines is 2. The van der Waals surface area contributed by atoms with E-state index in [0.717, 1.165) is 34.4 Å². The van der Waals surface area contributed by atoms with Gasteiger partial charge in [0.15, 0.2) is 5.37 Å². The number of alkyl halides is 3. The van der Waals surface area contributed by atoms with E-state index in [1.807, 2.05) is 13.0 Å². The lowest BCUT2D eigenvalue weighted by Gasteiger charge is -2.16. The molecule has 2 aromatic rings. The molecule has 1 atom stereocenters. The molecule has 0 spiro atoms. The van der Waals surface area contributed by atoms with E-state index in [0.29, 0.717) is 5.69 Å². The zero-order chi connectivity index (χ0) is 18.2. The minimum Gasteiger partial charge on any atom is -0.365 e. The van der Waals surface area contributed by atoms with Crippen molar-refractivity contribution in [2.45, 2.75) is 18.5 Å². The molecule has 2 amide bonds. The van der Waals surface area contributed by atoms with Gasteiger partial charge >= 0.3 is 6.18 Å². The summed E-state index contributed by atoms with van der Waals surface area (Å²) in [6.07, 6.45) is -4.48. The summed E-state index contributed by atoms with van der Waals surface area (Å²) in [5.41, 5.74) is 0.627. The lowest BCUT2D eigenvalue weighted by molar-refractivity contribution is -0.137. The number of imide groups is 1. The van der Waals surface area contributed by atoms with Gasteiger partial charge in [-0.25, -0.2) is 4.90 Å². The summed E-state index contributed by atoms with van der Waals surface area (Å²) in [6, 6.07) is 11.4. The van der Waals surface area contributed by atoms with Gasteiger partial charge in [-0.3, -0.25) is 9.59 Å².